The lowest BCUT2D eigenvalue weighted by atomic mass is 10.3. The van der Waals surface area contributed by atoms with Crippen LogP contribution in [0.5, 0.6) is 0 Å². The minimum absolute atomic E-state index is 0. The van der Waals surface area contributed by atoms with Crippen molar-refractivity contribution in [2.24, 2.45) is 0 Å². The molecule has 2 heteroatoms. The molecular formula is C6H14Cl2. The molecule has 0 saturated heterocycles. The highest BCUT2D eigenvalue weighted by Gasteiger charge is 1.67. The Morgan fingerprint density at radius 1 is 1.25 bits per heavy atom. The normalized spacial score (nSPS) is 5.88. The van der Waals surface area contributed by atoms with Crippen molar-refractivity contribution in [3.8, 4) is 0 Å². The van der Waals surface area contributed by atoms with Gasteiger partial charge in [-0.15, -0.1) is 24.8 Å². The van der Waals surface area contributed by atoms with Crippen LogP contribution in [0.4, 0.5) is 0 Å². The Morgan fingerprint density at radius 3 is 1.62 bits per heavy atom. The summed E-state index contributed by atoms with van der Waals surface area (Å²) in [5.41, 5.74) is 1.41. The van der Waals surface area contributed by atoms with E-state index < -0.39 is 0 Å². The van der Waals surface area contributed by atoms with Crippen molar-refractivity contribution in [1.29, 1.82) is 0 Å². The van der Waals surface area contributed by atoms with Crippen LogP contribution in [0.15, 0.2) is 11.6 Å². The van der Waals surface area contributed by atoms with Crippen LogP contribution in [0.3, 0.4) is 0 Å². The minimum atomic E-state index is 0. The number of halogens is 2. The number of rotatable bonds is 1. The van der Waals surface area contributed by atoms with Crippen LogP contribution in [0.1, 0.15) is 27.2 Å². The second-order valence-electron chi connectivity index (χ2n) is 1.69. The van der Waals surface area contributed by atoms with E-state index in [-0.39, 0.29) is 24.8 Å². The monoisotopic (exact) mass is 156 g/mol. The molecule has 0 rings (SSSR count). The first-order valence-corrected chi connectivity index (χ1v) is 2.40. The van der Waals surface area contributed by atoms with Gasteiger partial charge in [-0.3, -0.25) is 0 Å². The number of hydrogen-bond acceptors (Lipinski definition) is 0. The zero-order chi connectivity index (χ0) is 4.99. The van der Waals surface area contributed by atoms with Crippen LogP contribution >= 0.6 is 24.8 Å². The summed E-state index contributed by atoms with van der Waals surface area (Å²) in [7, 11) is 0. The predicted molar refractivity (Wildman–Crippen MR) is 44.2 cm³/mol. The first-order valence-electron chi connectivity index (χ1n) is 2.40. The van der Waals surface area contributed by atoms with E-state index in [1.165, 1.54) is 12.0 Å². The third kappa shape index (κ3) is 16.2. The van der Waals surface area contributed by atoms with Gasteiger partial charge in [-0.25, -0.2) is 0 Å². The van der Waals surface area contributed by atoms with Crippen molar-refractivity contribution in [3.05, 3.63) is 11.6 Å². The fourth-order valence-corrected chi connectivity index (χ4v) is 0.408. The maximum atomic E-state index is 2.21. The zero-order valence-electron chi connectivity index (χ0n) is 5.60. The summed E-state index contributed by atoms with van der Waals surface area (Å²) in [4.78, 5) is 0. The van der Waals surface area contributed by atoms with Gasteiger partial charge in [-0.1, -0.05) is 18.6 Å². The Kier molecular flexibility index (Phi) is 20.3. The molecule has 0 aromatic carbocycles. The Labute approximate surface area is 64.2 Å². The molecule has 0 aliphatic heterocycles. The molecule has 0 aliphatic rings. The van der Waals surface area contributed by atoms with Gasteiger partial charge in [0.2, 0.25) is 0 Å². The van der Waals surface area contributed by atoms with Crippen molar-refractivity contribution in [2.45, 2.75) is 27.2 Å². The van der Waals surface area contributed by atoms with Crippen molar-refractivity contribution < 1.29 is 0 Å². The smallest absolute Gasteiger partial charge is 0.0377 e. The van der Waals surface area contributed by atoms with Gasteiger partial charge in [0.1, 0.15) is 0 Å². The van der Waals surface area contributed by atoms with E-state index in [2.05, 4.69) is 26.8 Å². The molecule has 0 nitrogen and oxygen atoms in total. The molecule has 0 spiro atoms. The molecule has 0 fully saturated rings. The van der Waals surface area contributed by atoms with Crippen LogP contribution < -0.4 is 0 Å². The van der Waals surface area contributed by atoms with Crippen molar-refractivity contribution in [2.75, 3.05) is 0 Å². The average molecular weight is 157 g/mol. The van der Waals surface area contributed by atoms with Crippen LogP contribution in [-0.4, -0.2) is 0 Å². The molecule has 0 N–H and O–H groups in total. The van der Waals surface area contributed by atoms with Crippen molar-refractivity contribution >= 4 is 24.8 Å². The molecule has 8 heavy (non-hydrogen) atoms. The first kappa shape index (κ1) is 15.8. The van der Waals surface area contributed by atoms with Crippen LogP contribution in [0, 0.1) is 0 Å². The molecule has 0 atom stereocenters. The molecule has 52 valence electrons. The molecule has 0 unspecified atom stereocenters. The third-order valence-corrected chi connectivity index (χ3v) is 0.612. The lowest BCUT2D eigenvalue weighted by Crippen LogP contribution is -1.58. The molecule has 0 aromatic rings. The predicted octanol–water partition coefficient (Wildman–Crippen LogP) is 3.21. The van der Waals surface area contributed by atoms with E-state index in [1.54, 1.807) is 0 Å². The lowest BCUT2D eigenvalue weighted by Gasteiger charge is -1.80. The van der Waals surface area contributed by atoms with Crippen LogP contribution in [0.25, 0.3) is 0 Å². The van der Waals surface area contributed by atoms with Gasteiger partial charge < -0.3 is 0 Å². The molecule has 0 aliphatic carbocycles. The quantitative estimate of drug-likeness (QED) is 0.512. The maximum absolute atomic E-state index is 2.21. The average Bonchev–Trinajstić information content (AvgIpc) is 1.35. The van der Waals surface area contributed by atoms with Gasteiger partial charge >= 0.3 is 0 Å². The van der Waals surface area contributed by atoms with Gasteiger partial charge in [0.15, 0.2) is 0 Å². The fraction of sp³-hybridized carbons (Fsp3) is 0.667. The van der Waals surface area contributed by atoms with E-state index in [0.717, 1.165) is 0 Å². The summed E-state index contributed by atoms with van der Waals surface area (Å²) in [6.45, 7) is 6.38. The minimum Gasteiger partial charge on any atom is -0.147 e. The van der Waals surface area contributed by atoms with Gasteiger partial charge in [-0.05, 0) is 20.3 Å². The number of allylic oxidation sites excluding steroid dienone is 2. The third-order valence-electron chi connectivity index (χ3n) is 0.612. The molecule has 0 heterocycles. The van der Waals surface area contributed by atoms with E-state index in [1.807, 2.05) is 0 Å². The van der Waals surface area contributed by atoms with Crippen molar-refractivity contribution in [1.82, 2.24) is 0 Å². The summed E-state index contributed by atoms with van der Waals surface area (Å²) in [5.74, 6) is 0. The second kappa shape index (κ2) is 10.3. The number of hydrogen-bond donors (Lipinski definition) is 0. The van der Waals surface area contributed by atoms with E-state index in [4.69, 9.17) is 0 Å². The van der Waals surface area contributed by atoms with Crippen molar-refractivity contribution in [3.63, 3.8) is 0 Å². The van der Waals surface area contributed by atoms with E-state index in [0.29, 0.717) is 0 Å². The lowest BCUT2D eigenvalue weighted by molar-refractivity contribution is 1.18. The fourth-order valence-electron chi connectivity index (χ4n) is 0.408. The van der Waals surface area contributed by atoms with Gasteiger partial charge in [0.25, 0.3) is 0 Å². The largest absolute Gasteiger partial charge is 0.147 e. The SMILES string of the molecule is CCC=C(C)C.Cl.Cl. The molecular weight excluding hydrogens is 143 g/mol. The standard InChI is InChI=1S/C6H12.2ClH/c1-4-5-6(2)3;;/h5H,4H2,1-3H3;2*1H. The highest BCUT2D eigenvalue weighted by molar-refractivity contribution is 5.85. The van der Waals surface area contributed by atoms with Gasteiger partial charge in [0, 0.05) is 0 Å². The molecule has 0 amide bonds. The first-order chi connectivity index (χ1) is 2.77. The van der Waals surface area contributed by atoms with Crippen LogP contribution in [0.2, 0.25) is 0 Å². The molecule has 0 saturated carbocycles. The highest BCUT2D eigenvalue weighted by atomic mass is 35.5. The summed E-state index contributed by atoms with van der Waals surface area (Å²) in [5, 5.41) is 0. The highest BCUT2D eigenvalue weighted by Crippen LogP contribution is 1.88. The Bertz CT molecular complexity index is 53.5. The topological polar surface area (TPSA) is 0 Å². The second-order valence-corrected chi connectivity index (χ2v) is 1.69. The maximum Gasteiger partial charge on any atom is -0.0377 e. The summed E-state index contributed by atoms with van der Waals surface area (Å²) < 4.78 is 0. The molecule has 0 bridgehead atoms. The summed E-state index contributed by atoms with van der Waals surface area (Å²) in [6, 6.07) is 0. The van der Waals surface area contributed by atoms with Crippen LogP contribution in [-0.2, 0) is 0 Å². The summed E-state index contributed by atoms with van der Waals surface area (Å²) >= 11 is 0. The zero-order valence-corrected chi connectivity index (χ0v) is 7.23. The van der Waals surface area contributed by atoms with Gasteiger partial charge in [0.05, 0.1) is 0 Å². The van der Waals surface area contributed by atoms with E-state index in [9.17, 15) is 0 Å². The molecule has 0 radical (unpaired) electrons. The summed E-state index contributed by atoms with van der Waals surface area (Å²) in [6.07, 6.45) is 3.38. The Balaban J connectivity index is -0.000000125. The Hall–Kier alpha value is 0.320. The molecule has 0 aromatic heterocycles. The Morgan fingerprint density at radius 2 is 1.62 bits per heavy atom. The van der Waals surface area contributed by atoms with E-state index >= 15 is 0 Å². The van der Waals surface area contributed by atoms with Gasteiger partial charge in [-0.2, -0.15) is 0 Å².